The molecule has 0 aromatic heterocycles. The van der Waals surface area contributed by atoms with Gasteiger partial charge in [-0.15, -0.1) is 0 Å². The van der Waals surface area contributed by atoms with E-state index in [0.717, 1.165) is 22.9 Å². The molecule has 0 N–H and O–H groups in total. The molecule has 0 heterocycles. The number of carbonyl (C=O) groups excluding carboxylic acids is 1. The van der Waals surface area contributed by atoms with Crippen LogP contribution in [0.4, 0.5) is 0 Å². The van der Waals surface area contributed by atoms with Crippen molar-refractivity contribution >= 4 is 21.7 Å². The highest BCUT2D eigenvalue weighted by Gasteiger charge is 2.13. The monoisotopic (exact) mass is 297 g/mol. The first-order valence-electron chi connectivity index (χ1n) is 6.03. The molecule has 0 saturated heterocycles. The maximum Gasteiger partial charge on any atom is 0.176 e. The fraction of sp³-hybridized carbons (Fsp3) is 0.500. The van der Waals surface area contributed by atoms with E-state index in [9.17, 15) is 4.79 Å². The number of carbonyl (C=O) groups is 1. The molecule has 0 bridgehead atoms. The second kappa shape index (κ2) is 6.92. The molecule has 0 aliphatic rings. The number of Topliss-reactive ketones (excluding diaryl/α,β-unsaturated/α-hetero) is 1. The van der Waals surface area contributed by atoms with Gasteiger partial charge < -0.3 is 0 Å². The van der Waals surface area contributed by atoms with Crippen LogP contribution in [0.5, 0.6) is 0 Å². The molecule has 1 aromatic carbocycles. The van der Waals surface area contributed by atoms with Gasteiger partial charge in [-0.05, 0) is 32.5 Å². The predicted octanol–water partition coefficient (Wildman–Crippen LogP) is 3.75. The van der Waals surface area contributed by atoms with Gasteiger partial charge in [0.05, 0.1) is 6.54 Å². The normalized spacial score (nSPS) is 12.8. The second-order valence-electron chi connectivity index (χ2n) is 4.48. The minimum absolute atomic E-state index is 0.183. The summed E-state index contributed by atoms with van der Waals surface area (Å²) < 4.78 is 1.00. The summed E-state index contributed by atoms with van der Waals surface area (Å²) >= 11 is 3.37. The molecule has 2 nitrogen and oxygen atoms in total. The van der Waals surface area contributed by atoms with Crippen LogP contribution < -0.4 is 0 Å². The minimum Gasteiger partial charge on any atom is -0.296 e. The number of rotatable bonds is 6. The van der Waals surface area contributed by atoms with Crippen molar-refractivity contribution in [1.82, 2.24) is 4.90 Å². The molecular formula is C14H20BrNO. The van der Waals surface area contributed by atoms with Gasteiger partial charge in [0.15, 0.2) is 5.78 Å². The minimum atomic E-state index is 0.183. The van der Waals surface area contributed by atoms with E-state index in [0.29, 0.717) is 12.6 Å². The van der Waals surface area contributed by atoms with E-state index in [1.807, 2.05) is 31.3 Å². The van der Waals surface area contributed by atoms with Gasteiger partial charge in [-0.2, -0.15) is 0 Å². The van der Waals surface area contributed by atoms with E-state index in [2.05, 4.69) is 34.7 Å². The summed E-state index contributed by atoms with van der Waals surface area (Å²) in [6.07, 6.45) is 2.28. The zero-order valence-corrected chi connectivity index (χ0v) is 12.3. The average molecular weight is 298 g/mol. The lowest BCUT2D eigenvalue weighted by Gasteiger charge is -2.23. The molecule has 94 valence electrons. The molecule has 17 heavy (non-hydrogen) atoms. The van der Waals surface area contributed by atoms with E-state index < -0.39 is 0 Å². The summed E-state index contributed by atoms with van der Waals surface area (Å²) in [5.41, 5.74) is 0.781. The third-order valence-electron chi connectivity index (χ3n) is 3.02. The zero-order chi connectivity index (χ0) is 12.8. The van der Waals surface area contributed by atoms with Crippen LogP contribution in [0, 0.1) is 0 Å². The molecule has 1 rings (SSSR count). The molecule has 0 saturated carbocycles. The largest absolute Gasteiger partial charge is 0.296 e. The van der Waals surface area contributed by atoms with Gasteiger partial charge in [0.25, 0.3) is 0 Å². The van der Waals surface area contributed by atoms with Gasteiger partial charge in [0.2, 0.25) is 0 Å². The summed E-state index contributed by atoms with van der Waals surface area (Å²) in [4.78, 5) is 14.1. The lowest BCUT2D eigenvalue weighted by atomic mass is 10.1. The van der Waals surface area contributed by atoms with E-state index in [-0.39, 0.29) is 5.78 Å². The highest BCUT2D eigenvalue weighted by Crippen LogP contribution is 2.12. The van der Waals surface area contributed by atoms with Gasteiger partial charge in [0.1, 0.15) is 0 Å². The van der Waals surface area contributed by atoms with E-state index in [4.69, 9.17) is 0 Å². The molecule has 0 aliphatic heterocycles. The summed E-state index contributed by atoms with van der Waals surface area (Å²) in [5, 5.41) is 0. The second-order valence-corrected chi connectivity index (χ2v) is 5.40. The summed E-state index contributed by atoms with van der Waals surface area (Å²) in [7, 11) is 2.01. The quantitative estimate of drug-likeness (QED) is 0.745. The number of likely N-dealkylation sites (N-methyl/N-ethyl adjacent to an activating group) is 1. The number of ketones is 1. The van der Waals surface area contributed by atoms with Gasteiger partial charge in [-0.1, -0.05) is 41.4 Å². The van der Waals surface area contributed by atoms with Crippen molar-refractivity contribution in [3.8, 4) is 0 Å². The Morgan fingerprint density at radius 1 is 1.35 bits per heavy atom. The molecule has 0 radical (unpaired) electrons. The predicted molar refractivity (Wildman–Crippen MR) is 75.5 cm³/mol. The first kappa shape index (κ1) is 14.4. The van der Waals surface area contributed by atoms with Crippen LogP contribution in [0.1, 0.15) is 37.0 Å². The molecule has 1 unspecified atom stereocenters. The van der Waals surface area contributed by atoms with Gasteiger partial charge in [-0.25, -0.2) is 0 Å². The number of halogens is 1. The molecule has 0 amide bonds. The topological polar surface area (TPSA) is 20.3 Å². The van der Waals surface area contributed by atoms with E-state index in [1.165, 1.54) is 0 Å². The smallest absolute Gasteiger partial charge is 0.176 e. The van der Waals surface area contributed by atoms with Crippen molar-refractivity contribution in [2.24, 2.45) is 0 Å². The molecule has 1 atom stereocenters. The first-order chi connectivity index (χ1) is 8.04. The Hall–Kier alpha value is -0.670. The lowest BCUT2D eigenvalue weighted by molar-refractivity contribution is 0.0921. The zero-order valence-electron chi connectivity index (χ0n) is 10.7. The maximum absolute atomic E-state index is 12.0. The summed E-state index contributed by atoms with van der Waals surface area (Å²) in [6.45, 7) is 4.82. The van der Waals surface area contributed by atoms with Gasteiger partial charge in [-0.3, -0.25) is 9.69 Å². The molecule has 1 aromatic rings. The van der Waals surface area contributed by atoms with Crippen molar-refractivity contribution in [1.29, 1.82) is 0 Å². The van der Waals surface area contributed by atoms with E-state index >= 15 is 0 Å². The highest BCUT2D eigenvalue weighted by molar-refractivity contribution is 9.10. The van der Waals surface area contributed by atoms with Crippen molar-refractivity contribution in [3.05, 3.63) is 34.3 Å². The van der Waals surface area contributed by atoms with Crippen LogP contribution in [0.25, 0.3) is 0 Å². The fourth-order valence-corrected chi connectivity index (χ4v) is 2.01. The number of nitrogens with zero attached hydrogens (tertiary/aromatic N) is 1. The Morgan fingerprint density at radius 2 is 1.94 bits per heavy atom. The van der Waals surface area contributed by atoms with Crippen LogP contribution in [0.2, 0.25) is 0 Å². The number of hydrogen-bond donors (Lipinski definition) is 0. The number of hydrogen-bond acceptors (Lipinski definition) is 2. The van der Waals surface area contributed by atoms with Crippen LogP contribution in [0.3, 0.4) is 0 Å². The van der Waals surface area contributed by atoms with Crippen LogP contribution in [0.15, 0.2) is 28.7 Å². The Labute approximate surface area is 112 Å². The standard InChI is InChI=1S/C14H20BrNO/c1-4-5-11(2)16(3)10-14(17)12-6-8-13(15)9-7-12/h6-9,11H,4-5,10H2,1-3H3. The Bertz CT molecular complexity index is 361. The maximum atomic E-state index is 12.0. The summed E-state index contributed by atoms with van der Waals surface area (Å²) in [6, 6.07) is 8.00. The van der Waals surface area contributed by atoms with Gasteiger partial charge in [0, 0.05) is 16.1 Å². The average Bonchev–Trinajstić information content (AvgIpc) is 2.30. The fourth-order valence-electron chi connectivity index (χ4n) is 1.75. The third-order valence-corrected chi connectivity index (χ3v) is 3.55. The van der Waals surface area contributed by atoms with Crippen LogP contribution in [-0.2, 0) is 0 Å². The molecular weight excluding hydrogens is 278 g/mol. The first-order valence-corrected chi connectivity index (χ1v) is 6.83. The van der Waals surface area contributed by atoms with Crippen molar-refractivity contribution in [2.75, 3.05) is 13.6 Å². The molecule has 0 aliphatic carbocycles. The van der Waals surface area contributed by atoms with Crippen LogP contribution in [-0.4, -0.2) is 30.3 Å². The van der Waals surface area contributed by atoms with Crippen LogP contribution >= 0.6 is 15.9 Å². The third kappa shape index (κ3) is 4.60. The molecule has 3 heteroatoms. The lowest BCUT2D eigenvalue weighted by Crippen LogP contribution is -2.33. The number of benzene rings is 1. The highest BCUT2D eigenvalue weighted by atomic mass is 79.9. The van der Waals surface area contributed by atoms with Crippen molar-refractivity contribution in [3.63, 3.8) is 0 Å². The van der Waals surface area contributed by atoms with Crippen molar-refractivity contribution in [2.45, 2.75) is 32.7 Å². The van der Waals surface area contributed by atoms with Crippen molar-refractivity contribution < 1.29 is 4.79 Å². The van der Waals surface area contributed by atoms with E-state index in [1.54, 1.807) is 0 Å². The summed E-state index contributed by atoms with van der Waals surface area (Å²) in [5.74, 6) is 0.183. The van der Waals surface area contributed by atoms with Gasteiger partial charge >= 0.3 is 0 Å². The Kier molecular flexibility index (Phi) is 5.86. The SMILES string of the molecule is CCCC(C)N(C)CC(=O)c1ccc(Br)cc1. The molecule has 0 spiro atoms. The Morgan fingerprint density at radius 3 is 2.47 bits per heavy atom. The molecule has 0 fully saturated rings. The Balaban J connectivity index is 2.57.